The maximum absolute atomic E-state index is 12.5. The van der Waals surface area contributed by atoms with E-state index in [0.29, 0.717) is 25.5 Å². The Morgan fingerprint density at radius 3 is 2.47 bits per heavy atom. The van der Waals surface area contributed by atoms with Crippen LogP contribution < -0.4 is 19.7 Å². The van der Waals surface area contributed by atoms with Gasteiger partial charge in [-0.2, -0.15) is 0 Å². The first-order valence-corrected chi connectivity index (χ1v) is 10.9. The van der Waals surface area contributed by atoms with Gasteiger partial charge in [0.1, 0.15) is 0 Å². The van der Waals surface area contributed by atoms with Crippen molar-refractivity contribution in [1.29, 1.82) is 0 Å². The van der Waals surface area contributed by atoms with E-state index in [1.165, 1.54) is 30.5 Å². The summed E-state index contributed by atoms with van der Waals surface area (Å²) in [5.74, 6) is 1.37. The molecule has 2 aromatic rings. The highest BCUT2D eigenvalue weighted by molar-refractivity contribution is 5.92. The van der Waals surface area contributed by atoms with E-state index in [9.17, 15) is 4.79 Å². The van der Waals surface area contributed by atoms with Crippen molar-refractivity contribution >= 4 is 17.3 Å². The molecule has 0 bridgehead atoms. The number of piperidine rings is 1. The zero-order valence-corrected chi connectivity index (χ0v) is 17.7. The molecule has 0 radical (unpaired) electrons. The predicted octanol–water partition coefficient (Wildman–Crippen LogP) is 3.91. The van der Waals surface area contributed by atoms with Gasteiger partial charge in [0.05, 0.1) is 19.8 Å². The van der Waals surface area contributed by atoms with E-state index in [4.69, 9.17) is 9.47 Å². The number of rotatable bonds is 6. The lowest BCUT2D eigenvalue weighted by Gasteiger charge is -2.29. The van der Waals surface area contributed by atoms with Crippen LogP contribution >= 0.6 is 0 Å². The third-order valence-corrected chi connectivity index (χ3v) is 5.55. The SMILES string of the molecule is CN(CC(=O)Nc1ccc2c(c1)OCCCO2)Cc1ccc(N2CCCCC2)cc1. The fourth-order valence-corrected chi connectivity index (χ4v) is 4.02. The monoisotopic (exact) mass is 409 g/mol. The van der Waals surface area contributed by atoms with E-state index in [2.05, 4.69) is 34.5 Å². The summed E-state index contributed by atoms with van der Waals surface area (Å²) in [6.07, 6.45) is 4.76. The average Bonchev–Trinajstić information content (AvgIpc) is 3.00. The van der Waals surface area contributed by atoms with Gasteiger partial charge in [-0.1, -0.05) is 12.1 Å². The summed E-state index contributed by atoms with van der Waals surface area (Å²) in [5, 5.41) is 2.96. The third kappa shape index (κ3) is 5.45. The molecule has 6 heteroatoms. The summed E-state index contributed by atoms with van der Waals surface area (Å²) >= 11 is 0. The molecule has 160 valence electrons. The number of nitrogens with zero attached hydrogens (tertiary/aromatic N) is 2. The number of hydrogen-bond donors (Lipinski definition) is 1. The van der Waals surface area contributed by atoms with Crippen molar-refractivity contribution in [2.45, 2.75) is 32.2 Å². The van der Waals surface area contributed by atoms with E-state index in [-0.39, 0.29) is 5.91 Å². The molecule has 1 amide bonds. The molecule has 6 nitrogen and oxygen atoms in total. The lowest BCUT2D eigenvalue weighted by Crippen LogP contribution is -2.30. The van der Waals surface area contributed by atoms with Crippen LogP contribution in [0.2, 0.25) is 0 Å². The number of carbonyl (C=O) groups is 1. The zero-order valence-electron chi connectivity index (χ0n) is 17.7. The van der Waals surface area contributed by atoms with Gasteiger partial charge in [0.2, 0.25) is 5.91 Å². The number of ether oxygens (including phenoxy) is 2. The van der Waals surface area contributed by atoms with Gasteiger partial charge < -0.3 is 19.7 Å². The number of likely N-dealkylation sites (N-methyl/N-ethyl adjacent to an activating group) is 1. The number of benzene rings is 2. The molecule has 30 heavy (non-hydrogen) atoms. The Labute approximate surface area is 178 Å². The van der Waals surface area contributed by atoms with Crippen molar-refractivity contribution in [2.75, 3.05) is 50.1 Å². The molecule has 0 atom stereocenters. The number of nitrogens with one attached hydrogen (secondary N) is 1. The van der Waals surface area contributed by atoms with Crippen LogP contribution in [0.25, 0.3) is 0 Å². The van der Waals surface area contributed by atoms with Gasteiger partial charge in [0, 0.05) is 43.5 Å². The van der Waals surface area contributed by atoms with Gasteiger partial charge in [0.25, 0.3) is 0 Å². The molecular weight excluding hydrogens is 378 g/mol. The molecule has 0 saturated carbocycles. The van der Waals surface area contributed by atoms with Gasteiger partial charge in [0.15, 0.2) is 11.5 Å². The number of fused-ring (bicyclic) bond motifs is 1. The van der Waals surface area contributed by atoms with Crippen molar-refractivity contribution in [1.82, 2.24) is 4.90 Å². The van der Waals surface area contributed by atoms with E-state index in [1.54, 1.807) is 0 Å². The molecule has 2 aliphatic heterocycles. The fraction of sp³-hybridized carbons (Fsp3) is 0.458. The highest BCUT2D eigenvalue weighted by Crippen LogP contribution is 2.32. The summed E-state index contributed by atoms with van der Waals surface area (Å²) in [5.41, 5.74) is 3.23. The standard InChI is InChI=1S/C24H31N3O3/c1-26(17-19-6-9-21(10-7-19)27-12-3-2-4-13-27)18-24(28)25-20-8-11-22-23(16-20)30-15-5-14-29-22/h6-11,16H,2-5,12-15,17-18H2,1H3,(H,25,28). The van der Waals surface area contributed by atoms with Crippen molar-refractivity contribution < 1.29 is 14.3 Å². The Hall–Kier alpha value is -2.73. The Bertz CT molecular complexity index is 847. The maximum atomic E-state index is 12.5. The molecule has 2 aromatic carbocycles. The maximum Gasteiger partial charge on any atom is 0.238 e. The smallest absolute Gasteiger partial charge is 0.238 e. The predicted molar refractivity (Wildman–Crippen MR) is 120 cm³/mol. The lowest BCUT2D eigenvalue weighted by atomic mass is 10.1. The normalized spacial score (nSPS) is 16.3. The van der Waals surface area contributed by atoms with Crippen LogP contribution in [0, 0.1) is 0 Å². The van der Waals surface area contributed by atoms with Crippen LogP contribution in [0.15, 0.2) is 42.5 Å². The third-order valence-electron chi connectivity index (χ3n) is 5.55. The number of carbonyl (C=O) groups excluding carboxylic acids is 1. The van der Waals surface area contributed by atoms with Crippen LogP contribution in [-0.2, 0) is 11.3 Å². The van der Waals surface area contributed by atoms with E-state index in [0.717, 1.165) is 37.5 Å². The summed E-state index contributed by atoms with van der Waals surface area (Å²) < 4.78 is 11.3. The van der Waals surface area contributed by atoms with Crippen molar-refractivity contribution in [3.63, 3.8) is 0 Å². The largest absolute Gasteiger partial charge is 0.490 e. The fourth-order valence-electron chi connectivity index (χ4n) is 4.02. The molecule has 1 fully saturated rings. The van der Waals surface area contributed by atoms with E-state index >= 15 is 0 Å². The minimum absolute atomic E-state index is 0.0445. The average molecular weight is 410 g/mol. The molecule has 1 N–H and O–H groups in total. The minimum atomic E-state index is -0.0445. The van der Waals surface area contributed by atoms with Crippen LogP contribution in [-0.4, -0.2) is 50.7 Å². The van der Waals surface area contributed by atoms with Crippen LogP contribution in [0.4, 0.5) is 11.4 Å². The Morgan fingerprint density at radius 2 is 1.70 bits per heavy atom. The molecular formula is C24H31N3O3. The first-order valence-electron chi connectivity index (χ1n) is 10.9. The molecule has 0 aromatic heterocycles. The molecule has 0 unspecified atom stereocenters. The lowest BCUT2D eigenvalue weighted by molar-refractivity contribution is -0.117. The molecule has 4 rings (SSSR count). The molecule has 1 saturated heterocycles. The quantitative estimate of drug-likeness (QED) is 0.784. The van der Waals surface area contributed by atoms with Crippen molar-refractivity contribution in [2.24, 2.45) is 0 Å². The number of hydrogen-bond acceptors (Lipinski definition) is 5. The van der Waals surface area contributed by atoms with Crippen LogP contribution in [0.3, 0.4) is 0 Å². The van der Waals surface area contributed by atoms with Crippen molar-refractivity contribution in [3.8, 4) is 11.5 Å². The second-order valence-corrected chi connectivity index (χ2v) is 8.15. The summed E-state index contributed by atoms with van der Waals surface area (Å²) in [6, 6.07) is 14.3. The zero-order chi connectivity index (χ0) is 20.8. The first kappa shape index (κ1) is 20.5. The highest BCUT2D eigenvalue weighted by atomic mass is 16.5. The number of anilines is 2. The first-order chi connectivity index (χ1) is 14.7. The Balaban J connectivity index is 1.28. The van der Waals surface area contributed by atoms with Gasteiger partial charge in [-0.3, -0.25) is 9.69 Å². The van der Waals surface area contributed by atoms with Crippen LogP contribution in [0.1, 0.15) is 31.2 Å². The summed E-state index contributed by atoms with van der Waals surface area (Å²) in [4.78, 5) is 17.0. The van der Waals surface area contributed by atoms with Crippen molar-refractivity contribution in [3.05, 3.63) is 48.0 Å². The number of amides is 1. The molecule has 0 aliphatic carbocycles. The van der Waals surface area contributed by atoms with Gasteiger partial charge in [-0.15, -0.1) is 0 Å². The highest BCUT2D eigenvalue weighted by Gasteiger charge is 2.14. The Kier molecular flexibility index (Phi) is 6.74. The molecule has 2 heterocycles. The summed E-state index contributed by atoms with van der Waals surface area (Å²) in [7, 11) is 1.96. The minimum Gasteiger partial charge on any atom is -0.490 e. The van der Waals surface area contributed by atoms with Gasteiger partial charge in [-0.25, -0.2) is 0 Å². The van der Waals surface area contributed by atoms with E-state index in [1.807, 2.05) is 30.1 Å². The van der Waals surface area contributed by atoms with Gasteiger partial charge in [-0.05, 0) is 56.1 Å². The molecule has 2 aliphatic rings. The molecule has 0 spiro atoms. The summed E-state index contributed by atoms with van der Waals surface area (Å²) in [6.45, 7) is 4.64. The Morgan fingerprint density at radius 1 is 0.967 bits per heavy atom. The van der Waals surface area contributed by atoms with Gasteiger partial charge >= 0.3 is 0 Å². The second kappa shape index (κ2) is 9.85. The van der Waals surface area contributed by atoms with E-state index < -0.39 is 0 Å². The second-order valence-electron chi connectivity index (χ2n) is 8.15. The van der Waals surface area contributed by atoms with Crippen LogP contribution in [0.5, 0.6) is 11.5 Å². The topological polar surface area (TPSA) is 54.0 Å².